The SMILES string of the molecule is CCCCOc1ccc(Cn2c(=O)c3c(ncn3Cc3ccc(OCCCC)c(OCCCC)c3)n(C)c2=O)cc1OCCCC. The molecular weight excluding hydrogens is 584 g/mol. The number of aryl methyl sites for hydroxylation is 1. The average molecular weight is 635 g/mol. The Morgan fingerprint density at radius 3 is 1.57 bits per heavy atom. The molecule has 4 rings (SSSR count). The van der Waals surface area contributed by atoms with E-state index in [0.717, 1.165) is 62.5 Å². The van der Waals surface area contributed by atoms with Gasteiger partial charge in [-0.25, -0.2) is 9.78 Å². The van der Waals surface area contributed by atoms with Gasteiger partial charge in [-0.3, -0.25) is 13.9 Å². The van der Waals surface area contributed by atoms with E-state index in [0.29, 0.717) is 67.1 Å². The molecule has 0 fully saturated rings. The summed E-state index contributed by atoms with van der Waals surface area (Å²) in [4.78, 5) is 31.8. The molecule has 0 aliphatic heterocycles. The molecule has 2 aromatic carbocycles. The van der Waals surface area contributed by atoms with Gasteiger partial charge in [-0.2, -0.15) is 0 Å². The number of rotatable bonds is 20. The first-order valence-corrected chi connectivity index (χ1v) is 16.8. The van der Waals surface area contributed by atoms with Gasteiger partial charge in [0.25, 0.3) is 5.56 Å². The summed E-state index contributed by atoms with van der Waals surface area (Å²) >= 11 is 0. The van der Waals surface area contributed by atoms with Gasteiger partial charge < -0.3 is 23.5 Å². The highest BCUT2D eigenvalue weighted by Crippen LogP contribution is 2.31. The zero-order valence-electron chi connectivity index (χ0n) is 28.2. The first kappa shape index (κ1) is 34.7. The van der Waals surface area contributed by atoms with Gasteiger partial charge >= 0.3 is 5.69 Å². The lowest BCUT2D eigenvalue weighted by molar-refractivity contribution is 0.261. The molecule has 46 heavy (non-hydrogen) atoms. The van der Waals surface area contributed by atoms with Gasteiger partial charge in [0, 0.05) is 13.6 Å². The highest BCUT2D eigenvalue weighted by Gasteiger charge is 2.18. The van der Waals surface area contributed by atoms with Crippen molar-refractivity contribution in [1.29, 1.82) is 0 Å². The van der Waals surface area contributed by atoms with E-state index in [1.54, 1.807) is 17.9 Å². The van der Waals surface area contributed by atoms with Crippen molar-refractivity contribution in [3.63, 3.8) is 0 Å². The maximum atomic E-state index is 13.9. The number of ether oxygens (including phenoxy) is 4. The fourth-order valence-electron chi connectivity index (χ4n) is 5.03. The van der Waals surface area contributed by atoms with Gasteiger partial charge in [0.05, 0.1) is 39.3 Å². The van der Waals surface area contributed by atoms with Gasteiger partial charge in [-0.15, -0.1) is 0 Å². The van der Waals surface area contributed by atoms with Gasteiger partial charge in [0.2, 0.25) is 0 Å². The lowest BCUT2D eigenvalue weighted by Crippen LogP contribution is -2.40. The Morgan fingerprint density at radius 1 is 0.630 bits per heavy atom. The summed E-state index contributed by atoms with van der Waals surface area (Å²) in [5.41, 5.74) is 1.57. The molecule has 2 heterocycles. The quantitative estimate of drug-likeness (QED) is 0.0997. The Hall–Kier alpha value is -4.21. The third-order valence-corrected chi connectivity index (χ3v) is 7.83. The van der Waals surface area contributed by atoms with Crippen molar-refractivity contribution >= 4 is 11.2 Å². The van der Waals surface area contributed by atoms with E-state index in [9.17, 15) is 9.59 Å². The number of aromatic nitrogens is 4. The molecule has 0 saturated heterocycles. The second-order valence-corrected chi connectivity index (χ2v) is 11.6. The second-order valence-electron chi connectivity index (χ2n) is 11.6. The van der Waals surface area contributed by atoms with Crippen LogP contribution in [0.25, 0.3) is 11.2 Å². The molecule has 0 aliphatic rings. The van der Waals surface area contributed by atoms with E-state index in [1.807, 2.05) is 36.4 Å². The number of unbranched alkanes of at least 4 members (excludes halogenated alkanes) is 4. The lowest BCUT2D eigenvalue weighted by Gasteiger charge is -2.15. The second kappa shape index (κ2) is 17.5. The summed E-state index contributed by atoms with van der Waals surface area (Å²) in [5.74, 6) is 2.70. The Bertz CT molecular complexity index is 1670. The van der Waals surface area contributed by atoms with E-state index in [4.69, 9.17) is 18.9 Å². The number of nitrogens with zero attached hydrogens (tertiary/aromatic N) is 4. The highest BCUT2D eigenvalue weighted by molar-refractivity contribution is 5.70. The van der Waals surface area contributed by atoms with Crippen LogP contribution in [0, 0.1) is 0 Å². The summed E-state index contributed by atoms with van der Waals surface area (Å²) < 4.78 is 28.6. The molecule has 250 valence electrons. The molecule has 0 radical (unpaired) electrons. The third kappa shape index (κ3) is 8.73. The summed E-state index contributed by atoms with van der Waals surface area (Å²) in [6.45, 7) is 11.3. The van der Waals surface area contributed by atoms with Gasteiger partial charge in [-0.1, -0.05) is 65.5 Å². The number of imidazole rings is 1. The van der Waals surface area contributed by atoms with E-state index in [1.165, 1.54) is 9.13 Å². The molecule has 0 amide bonds. The minimum Gasteiger partial charge on any atom is -0.490 e. The van der Waals surface area contributed by atoms with E-state index in [-0.39, 0.29) is 6.54 Å². The van der Waals surface area contributed by atoms with Crippen LogP contribution >= 0.6 is 0 Å². The molecule has 4 aromatic rings. The average Bonchev–Trinajstić information content (AvgIpc) is 3.48. The summed E-state index contributed by atoms with van der Waals surface area (Å²) in [6.07, 6.45) is 9.50. The zero-order chi connectivity index (χ0) is 32.9. The van der Waals surface area contributed by atoms with Crippen LogP contribution in [-0.2, 0) is 20.1 Å². The van der Waals surface area contributed by atoms with Crippen LogP contribution in [0.2, 0.25) is 0 Å². The minimum absolute atomic E-state index is 0.0885. The monoisotopic (exact) mass is 634 g/mol. The van der Waals surface area contributed by atoms with Crippen LogP contribution in [0.3, 0.4) is 0 Å². The number of hydrogen-bond donors (Lipinski definition) is 0. The van der Waals surface area contributed by atoms with Crippen molar-refractivity contribution in [2.45, 2.75) is 92.2 Å². The number of hydrogen-bond acceptors (Lipinski definition) is 7. The predicted molar refractivity (Wildman–Crippen MR) is 182 cm³/mol. The molecule has 0 saturated carbocycles. The largest absolute Gasteiger partial charge is 0.490 e. The van der Waals surface area contributed by atoms with Crippen molar-refractivity contribution in [1.82, 2.24) is 18.7 Å². The van der Waals surface area contributed by atoms with Gasteiger partial charge in [0.15, 0.2) is 34.2 Å². The number of benzene rings is 2. The fraction of sp³-hybridized carbons (Fsp3) is 0.528. The van der Waals surface area contributed by atoms with Crippen molar-refractivity contribution < 1.29 is 18.9 Å². The van der Waals surface area contributed by atoms with Crippen LogP contribution in [-0.4, -0.2) is 45.1 Å². The minimum atomic E-state index is -0.431. The summed E-state index contributed by atoms with van der Waals surface area (Å²) in [7, 11) is 1.64. The fourth-order valence-corrected chi connectivity index (χ4v) is 5.03. The molecule has 2 aromatic heterocycles. The molecule has 0 unspecified atom stereocenters. The summed E-state index contributed by atoms with van der Waals surface area (Å²) in [6, 6.07) is 11.5. The first-order valence-electron chi connectivity index (χ1n) is 16.8. The molecule has 0 N–H and O–H groups in total. The topological polar surface area (TPSA) is 98.7 Å². The lowest BCUT2D eigenvalue weighted by atomic mass is 10.2. The van der Waals surface area contributed by atoms with Crippen LogP contribution in [0.5, 0.6) is 23.0 Å². The van der Waals surface area contributed by atoms with Crippen LogP contribution in [0.1, 0.15) is 90.2 Å². The molecular formula is C36H50N4O6. The van der Waals surface area contributed by atoms with Crippen LogP contribution < -0.4 is 30.2 Å². The zero-order valence-corrected chi connectivity index (χ0v) is 28.2. The summed E-state index contributed by atoms with van der Waals surface area (Å²) in [5, 5.41) is 0. The van der Waals surface area contributed by atoms with Gasteiger partial charge in [0.1, 0.15) is 0 Å². The molecule has 0 spiro atoms. The molecule has 0 bridgehead atoms. The Balaban J connectivity index is 1.65. The van der Waals surface area contributed by atoms with Crippen LogP contribution in [0.15, 0.2) is 52.3 Å². The molecule has 10 nitrogen and oxygen atoms in total. The van der Waals surface area contributed by atoms with Crippen molar-refractivity contribution in [2.75, 3.05) is 26.4 Å². The van der Waals surface area contributed by atoms with E-state index < -0.39 is 11.2 Å². The molecule has 0 aliphatic carbocycles. The van der Waals surface area contributed by atoms with E-state index >= 15 is 0 Å². The van der Waals surface area contributed by atoms with Crippen molar-refractivity contribution in [3.05, 3.63) is 74.7 Å². The maximum Gasteiger partial charge on any atom is 0.332 e. The van der Waals surface area contributed by atoms with Crippen molar-refractivity contribution in [2.24, 2.45) is 7.05 Å². The smallest absolute Gasteiger partial charge is 0.332 e. The Labute approximate surface area is 271 Å². The van der Waals surface area contributed by atoms with Gasteiger partial charge in [-0.05, 0) is 61.1 Å². The first-order chi connectivity index (χ1) is 22.4. The Kier molecular flexibility index (Phi) is 13.2. The highest BCUT2D eigenvalue weighted by atomic mass is 16.5. The maximum absolute atomic E-state index is 13.9. The normalized spacial score (nSPS) is 11.2. The Morgan fingerprint density at radius 2 is 1.09 bits per heavy atom. The van der Waals surface area contributed by atoms with Crippen LogP contribution in [0.4, 0.5) is 0 Å². The van der Waals surface area contributed by atoms with E-state index in [2.05, 4.69) is 32.7 Å². The molecule has 0 atom stereocenters. The molecule has 10 heteroatoms. The third-order valence-electron chi connectivity index (χ3n) is 7.83. The standard InChI is InChI=1S/C36H50N4O6/c1-6-10-18-43-29-16-14-27(22-31(29)45-20-12-8-3)24-39-26-37-34-33(39)35(41)40(36(42)38(34)5)25-28-15-17-30(44-19-11-7-2)32(23-28)46-21-13-9-4/h14-17,22-23,26H,6-13,18-21,24-25H2,1-5H3. The predicted octanol–water partition coefficient (Wildman–Crippen LogP) is 6.71. The number of fused-ring (bicyclic) bond motifs is 1. The van der Waals surface area contributed by atoms with Crippen molar-refractivity contribution in [3.8, 4) is 23.0 Å².